The quantitative estimate of drug-likeness (QED) is 0.599. The van der Waals surface area contributed by atoms with E-state index in [1.165, 1.54) is 12.1 Å². The van der Waals surface area contributed by atoms with Crippen molar-refractivity contribution in [1.29, 1.82) is 0 Å². The molecule has 0 unspecified atom stereocenters. The van der Waals surface area contributed by atoms with Gasteiger partial charge in [-0.05, 0) is 64.8 Å². The van der Waals surface area contributed by atoms with Crippen molar-refractivity contribution >= 4 is 5.97 Å². The van der Waals surface area contributed by atoms with E-state index in [9.17, 15) is 18.0 Å². The minimum absolute atomic E-state index is 0.0250. The lowest BCUT2D eigenvalue weighted by Crippen LogP contribution is -2.37. The fraction of sp³-hybridized carbons (Fsp3) is 0.429. The Morgan fingerprint density at radius 1 is 1.07 bits per heavy atom. The van der Waals surface area contributed by atoms with Gasteiger partial charge < -0.3 is 9.47 Å². The molecule has 0 N–H and O–H groups in total. The number of aromatic nitrogens is 1. The molecule has 2 rings (SSSR count). The Balaban J connectivity index is 2.62. The summed E-state index contributed by atoms with van der Waals surface area (Å²) in [6, 6.07) is 6.22. The third-order valence-corrected chi connectivity index (χ3v) is 4.51. The average molecular weight is 395 g/mol. The lowest BCUT2D eigenvalue weighted by atomic mass is 9.88. The van der Waals surface area contributed by atoms with Crippen LogP contribution >= 0.6 is 0 Å². The normalized spacial score (nSPS) is 12.0. The Morgan fingerprint density at radius 2 is 1.64 bits per heavy atom. The lowest BCUT2D eigenvalue weighted by Gasteiger charge is -2.27. The smallest absolute Gasteiger partial charge is 0.399 e. The zero-order chi connectivity index (χ0) is 21.3. The predicted molar refractivity (Wildman–Crippen MR) is 100 cm³/mol. The highest BCUT2D eigenvalue weighted by atomic mass is 19.4. The summed E-state index contributed by atoms with van der Waals surface area (Å²) in [6.07, 6.45) is -4.52. The van der Waals surface area contributed by atoms with Crippen molar-refractivity contribution in [2.24, 2.45) is 0 Å². The molecule has 28 heavy (non-hydrogen) atoms. The van der Waals surface area contributed by atoms with Crippen molar-refractivity contribution in [3.05, 3.63) is 52.2 Å². The van der Waals surface area contributed by atoms with Crippen LogP contribution in [0.15, 0.2) is 24.3 Å². The monoisotopic (exact) mass is 395 g/mol. The minimum atomic E-state index is -4.52. The number of carbonyl (C=O) groups is 1. The number of hydrogen-bond acceptors (Lipinski definition) is 4. The van der Waals surface area contributed by atoms with Gasteiger partial charge in [-0.2, -0.15) is 13.2 Å². The molecule has 0 saturated heterocycles. The second-order valence-corrected chi connectivity index (χ2v) is 7.22. The molecular formula is C21H24F3NO3. The largest absolute Gasteiger partial charge is 0.462 e. The van der Waals surface area contributed by atoms with Crippen molar-refractivity contribution in [3.8, 4) is 11.6 Å². The highest BCUT2D eigenvalue weighted by molar-refractivity contribution is 5.92. The lowest BCUT2D eigenvalue weighted by molar-refractivity contribution is -0.181. The van der Waals surface area contributed by atoms with Gasteiger partial charge in [0.15, 0.2) is 0 Å². The zero-order valence-electron chi connectivity index (χ0n) is 16.8. The summed E-state index contributed by atoms with van der Waals surface area (Å²) in [5.74, 6) is -0.460. The van der Waals surface area contributed by atoms with Crippen LogP contribution in [0.1, 0.15) is 53.5 Å². The van der Waals surface area contributed by atoms with Crippen LogP contribution in [0.4, 0.5) is 13.2 Å². The van der Waals surface area contributed by atoms with Crippen molar-refractivity contribution < 1.29 is 27.4 Å². The van der Waals surface area contributed by atoms with Gasteiger partial charge in [0.1, 0.15) is 16.7 Å². The van der Waals surface area contributed by atoms with E-state index >= 15 is 0 Å². The summed E-state index contributed by atoms with van der Waals surface area (Å²) >= 11 is 0. The molecule has 0 fully saturated rings. The van der Waals surface area contributed by atoms with E-state index in [1.807, 2.05) is 32.9 Å². The summed E-state index contributed by atoms with van der Waals surface area (Å²) in [7, 11) is 0. The molecule has 1 aromatic heterocycles. The number of hydrogen-bond donors (Lipinski definition) is 0. The first kappa shape index (κ1) is 21.7. The van der Waals surface area contributed by atoms with Crippen LogP contribution in [-0.2, 0) is 10.2 Å². The molecule has 0 aliphatic rings. The molecule has 0 aliphatic heterocycles. The summed E-state index contributed by atoms with van der Waals surface area (Å²) in [5, 5.41) is 0. The number of esters is 1. The number of alkyl halides is 3. The Labute approximate surface area is 162 Å². The van der Waals surface area contributed by atoms with Crippen molar-refractivity contribution in [3.63, 3.8) is 0 Å². The number of halogens is 3. The van der Waals surface area contributed by atoms with E-state index in [0.717, 1.165) is 30.5 Å². The van der Waals surface area contributed by atoms with Crippen molar-refractivity contribution in [2.45, 2.75) is 53.1 Å². The second kappa shape index (κ2) is 7.81. The van der Waals surface area contributed by atoms with E-state index < -0.39 is 17.6 Å². The fourth-order valence-electron chi connectivity index (χ4n) is 2.80. The van der Waals surface area contributed by atoms with Crippen molar-refractivity contribution in [2.75, 3.05) is 6.61 Å². The van der Waals surface area contributed by atoms with E-state index in [4.69, 9.17) is 9.47 Å². The molecule has 0 aliphatic carbocycles. The van der Waals surface area contributed by atoms with Gasteiger partial charge in [-0.25, -0.2) is 9.78 Å². The highest BCUT2D eigenvalue weighted by Gasteiger charge is 2.50. The number of aryl methyl sites for hydroxylation is 3. The second-order valence-electron chi connectivity index (χ2n) is 7.22. The molecule has 2 aromatic rings. The fourth-order valence-corrected chi connectivity index (χ4v) is 2.80. The predicted octanol–water partition coefficient (Wildman–Crippen LogP) is 5.82. The summed E-state index contributed by atoms with van der Waals surface area (Å²) in [6.45, 7) is 9.40. The van der Waals surface area contributed by atoms with E-state index in [2.05, 4.69) is 4.98 Å². The van der Waals surface area contributed by atoms with Crippen LogP contribution < -0.4 is 4.74 Å². The molecule has 0 amide bonds. The SMILES string of the molecule is CCOC(=O)c1ccc(C(C)(C)C(F)(F)F)nc1Oc1c(C)cc(C)cc1C. The van der Waals surface area contributed by atoms with E-state index in [-0.39, 0.29) is 23.7 Å². The minimum Gasteiger partial charge on any atom is -0.462 e. The molecular weight excluding hydrogens is 371 g/mol. The maximum atomic E-state index is 13.5. The molecule has 7 heteroatoms. The Bertz CT molecular complexity index is 866. The van der Waals surface area contributed by atoms with Crippen LogP contribution in [0, 0.1) is 20.8 Å². The molecule has 0 bridgehead atoms. The van der Waals surface area contributed by atoms with Crippen LogP contribution in [0.3, 0.4) is 0 Å². The number of rotatable bonds is 5. The molecule has 1 heterocycles. The van der Waals surface area contributed by atoms with Gasteiger partial charge in [0, 0.05) is 0 Å². The maximum Gasteiger partial charge on any atom is 0.399 e. The molecule has 0 saturated carbocycles. The van der Waals surface area contributed by atoms with Gasteiger partial charge >= 0.3 is 12.1 Å². The average Bonchev–Trinajstić information content (AvgIpc) is 2.57. The molecule has 4 nitrogen and oxygen atoms in total. The number of carbonyl (C=O) groups excluding carboxylic acids is 1. The Morgan fingerprint density at radius 3 is 2.14 bits per heavy atom. The molecule has 152 valence electrons. The maximum absolute atomic E-state index is 13.5. The Hall–Kier alpha value is -2.57. The number of benzene rings is 1. The number of pyridine rings is 1. The molecule has 0 spiro atoms. The van der Waals surface area contributed by atoms with Crippen LogP contribution in [-0.4, -0.2) is 23.7 Å². The van der Waals surface area contributed by atoms with E-state index in [1.54, 1.807) is 6.92 Å². The molecule has 1 aromatic carbocycles. The Kier molecular flexibility index (Phi) is 6.06. The third kappa shape index (κ3) is 4.29. The first-order valence-electron chi connectivity index (χ1n) is 8.89. The van der Waals surface area contributed by atoms with Crippen LogP contribution in [0.5, 0.6) is 11.6 Å². The van der Waals surface area contributed by atoms with Crippen LogP contribution in [0.2, 0.25) is 0 Å². The summed E-state index contributed by atoms with van der Waals surface area (Å²) in [5.41, 5.74) is 0.112. The van der Waals surface area contributed by atoms with Crippen LogP contribution in [0.25, 0.3) is 0 Å². The summed E-state index contributed by atoms with van der Waals surface area (Å²) < 4.78 is 51.2. The van der Waals surface area contributed by atoms with Gasteiger partial charge in [-0.3, -0.25) is 0 Å². The zero-order valence-corrected chi connectivity index (χ0v) is 16.8. The molecule has 0 atom stereocenters. The van der Waals surface area contributed by atoms with E-state index in [0.29, 0.717) is 5.75 Å². The number of nitrogens with zero attached hydrogens (tertiary/aromatic N) is 1. The molecule has 0 radical (unpaired) electrons. The standard InChI is InChI=1S/C21H24F3NO3/c1-7-27-19(26)15-8-9-16(20(5,6)21(22,23)24)25-18(15)28-17-13(3)10-12(2)11-14(17)4/h8-11H,7H2,1-6H3. The third-order valence-electron chi connectivity index (χ3n) is 4.51. The van der Waals surface area contributed by atoms with Gasteiger partial charge in [0.25, 0.3) is 0 Å². The van der Waals surface area contributed by atoms with Gasteiger partial charge in [-0.15, -0.1) is 0 Å². The topological polar surface area (TPSA) is 48.4 Å². The first-order valence-corrected chi connectivity index (χ1v) is 8.89. The summed E-state index contributed by atoms with van der Waals surface area (Å²) in [4.78, 5) is 16.3. The first-order chi connectivity index (χ1) is 12.9. The van der Waals surface area contributed by atoms with Gasteiger partial charge in [-0.1, -0.05) is 17.7 Å². The highest BCUT2D eigenvalue weighted by Crippen LogP contribution is 2.41. The van der Waals surface area contributed by atoms with Gasteiger partial charge in [0.2, 0.25) is 5.88 Å². The van der Waals surface area contributed by atoms with Gasteiger partial charge in [0.05, 0.1) is 12.3 Å². The number of ether oxygens (including phenoxy) is 2. The van der Waals surface area contributed by atoms with Crippen molar-refractivity contribution in [1.82, 2.24) is 4.98 Å².